The molecule has 9 heteroatoms. The summed E-state index contributed by atoms with van der Waals surface area (Å²) in [6.07, 6.45) is -0.885. The maximum absolute atomic E-state index is 11.6. The van der Waals surface area contributed by atoms with E-state index in [1.165, 1.54) is 0 Å². The van der Waals surface area contributed by atoms with Crippen LogP contribution in [0.15, 0.2) is 0 Å². The van der Waals surface area contributed by atoms with Crippen LogP contribution in [-0.4, -0.2) is 47.3 Å². The first-order valence-corrected chi connectivity index (χ1v) is 7.18. The summed E-state index contributed by atoms with van der Waals surface area (Å²) in [4.78, 5) is 9.42. The normalized spacial score (nSPS) is 52.5. The lowest BCUT2D eigenvalue weighted by atomic mass is 9.80. The Morgan fingerprint density at radius 1 is 1.44 bits per heavy atom. The van der Waals surface area contributed by atoms with Gasteiger partial charge in [0.1, 0.15) is 20.1 Å². The van der Waals surface area contributed by atoms with Crippen molar-refractivity contribution in [3.05, 3.63) is 0 Å². The van der Waals surface area contributed by atoms with Crippen LogP contribution in [0.2, 0.25) is 0 Å². The molecule has 0 aromatic carbocycles. The molecular formula is C9H9BClO6P. The molecule has 2 heterocycles. The molecule has 2 radical (unpaired) electrons. The van der Waals surface area contributed by atoms with Crippen LogP contribution < -0.4 is 0 Å². The third-order valence-electron chi connectivity index (χ3n) is 3.46. The largest absolute Gasteiger partial charge is 0.474 e. The van der Waals surface area contributed by atoms with Crippen molar-refractivity contribution in [3.8, 4) is 11.3 Å². The second-order valence-corrected chi connectivity index (χ2v) is 6.20. The monoisotopic (exact) mass is 290 g/mol. The van der Waals surface area contributed by atoms with Crippen LogP contribution in [0.5, 0.6) is 0 Å². The van der Waals surface area contributed by atoms with Gasteiger partial charge in [0.05, 0.1) is 11.6 Å². The number of aliphatic hydroxyl groups is 1. The van der Waals surface area contributed by atoms with Gasteiger partial charge in [-0.15, -0.1) is 0 Å². The first kappa shape index (κ1) is 13.0. The fourth-order valence-corrected chi connectivity index (χ4v) is 3.75. The van der Waals surface area contributed by atoms with Gasteiger partial charge in [0.15, 0.2) is 5.60 Å². The molecule has 0 aromatic heterocycles. The van der Waals surface area contributed by atoms with Gasteiger partial charge in [-0.25, -0.2) is 4.57 Å². The Bertz CT molecular complexity index is 499. The molecule has 2 aliphatic heterocycles. The molecule has 0 aromatic rings. The van der Waals surface area contributed by atoms with E-state index in [-0.39, 0.29) is 0 Å². The summed E-state index contributed by atoms with van der Waals surface area (Å²) in [6.45, 7) is 0. The highest BCUT2D eigenvalue weighted by molar-refractivity contribution is 7.47. The van der Waals surface area contributed by atoms with Crippen molar-refractivity contribution >= 4 is 27.3 Å². The molecule has 3 fully saturated rings. The van der Waals surface area contributed by atoms with Crippen LogP contribution in [0, 0.1) is 11.3 Å². The van der Waals surface area contributed by atoms with Gasteiger partial charge in [0.25, 0.3) is 0 Å². The molecule has 96 valence electrons. The Balaban J connectivity index is 2.03. The fourth-order valence-electron chi connectivity index (χ4n) is 2.37. The van der Waals surface area contributed by atoms with Gasteiger partial charge in [-0.1, -0.05) is 0 Å². The molecule has 3 rings (SSSR count). The highest BCUT2D eigenvalue weighted by Gasteiger charge is 2.71. The van der Waals surface area contributed by atoms with Crippen molar-refractivity contribution in [2.45, 2.75) is 42.3 Å². The summed E-state index contributed by atoms with van der Waals surface area (Å²) in [5, 5.41) is 12.2. The molecule has 3 aliphatic rings. The predicted molar refractivity (Wildman–Crippen MR) is 60.7 cm³/mol. The van der Waals surface area contributed by atoms with Crippen molar-refractivity contribution < 1.29 is 28.3 Å². The zero-order valence-electron chi connectivity index (χ0n) is 9.08. The van der Waals surface area contributed by atoms with Gasteiger partial charge in [0, 0.05) is 5.38 Å². The number of phosphoric acid groups is 1. The van der Waals surface area contributed by atoms with Crippen LogP contribution in [0.3, 0.4) is 0 Å². The van der Waals surface area contributed by atoms with Crippen molar-refractivity contribution in [1.82, 2.24) is 0 Å². The first-order valence-electron chi connectivity index (χ1n) is 5.31. The van der Waals surface area contributed by atoms with E-state index in [0.29, 0.717) is 12.8 Å². The number of hydrogen-bond acceptors (Lipinski definition) is 5. The maximum Gasteiger partial charge on any atom is 0.474 e. The summed E-state index contributed by atoms with van der Waals surface area (Å²) in [6, 6.07) is -1.12. The average Bonchev–Trinajstić information content (AvgIpc) is 2.87. The van der Waals surface area contributed by atoms with E-state index in [9.17, 15) is 14.6 Å². The van der Waals surface area contributed by atoms with Gasteiger partial charge >= 0.3 is 7.82 Å². The molecule has 2 unspecified atom stereocenters. The van der Waals surface area contributed by atoms with Crippen molar-refractivity contribution in [1.29, 1.82) is 0 Å². The minimum absolute atomic E-state index is 0.504. The molecular weight excluding hydrogens is 281 g/mol. The molecule has 2 saturated heterocycles. The Kier molecular flexibility index (Phi) is 2.69. The minimum Gasteiger partial charge on any atom is -0.387 e. The Hall–Kier alpha value is -0.0551. The van der Waals surface area contributed by atoms with Gasteiger partial charge in [0.2, 0.25) is 0 Å². The van der Waals surface area contributed by atoms with E-state index < -0.39 is 37.2 Å². The minimum atomic E-state index is -4.26. The van der Waals surface area contributed by atoms with Crippen LogP contribution in [0.4, 0.5) is 0 Å². The topological polar surface area (TPSA) is 85.2 Å². The van der Waals surface area contributed by atoms with Gasteiger partial charge in [-0.2, -0.15) is 0 Å². The number of halogens is 1. The van der Waals surface area contributed by atoms with Crippen molar-refractivity contribution in [2.24, 2.45) is 0 Å². The molecule has 2 N–H and O–H groups in total. The maximum atomic E-state index is 11.6. The van der Waals surface area contributed by atoms with Crippen LogP contribution in [0.25, 0.3) is 0 Å². The fraction of sp³-hybridized carbons (Fsp3) is 0.778. The molecule has 5 atom stereocenters. The summed E-state index contributed by atoms with van der Waals surface area (Å²) in [5.74, 6) is 2.43. The molecule has 0 bridgehead atoms. The Morgan fingerprint density at radius 3 is 2.67 bits per heavy atom. The van der Waals surface area contributed by atoms with Crippen molar-refractivity contribution in [2.75, 3.05) is 0 Å². The molecule has 0 spiro atoms. The summed E-state index contributed by atoms with van der Waals surface area (Å²) in [5.41, 5.74) is -2.72. The number of phosphoric ester groups is 1. The van der Waals surface area contributed by atoms with E-state index in [2.05, 4.69) is 11.3 Å². The zero-order valence-corrected chi connectivity index (χ0v) is 10.7. The quantitative estimate of drug-likeness (QED) is 0.397. The zero-order chi connectivity index (χ0) is 13.2. The van der Waals surface area contributed by atoms with Gasteiger partial charge in [-0.3, -0.25) is 9.05 Å². The second kappa shape index (κ2) is 3.74. The Morgan fingerprint density at radius 2 is 2.11 bits per heavy atom. The lowest BCUT2D eigenvalue weighted by Gasteiger charge is -2.22. The SMILES string of the molecule is [B][C@@H]1O[C@H](C2(O)CC2)C2OP(=O)(O)O[C@]21C#CCl. The molecule has 1 aliphatic carbocycles. The van der Waals surface area contributed by atoms with Crippen LogP contribution in [-0.2, 0) is 18.3 Å². The summed E-state index contributed by atoms with van der Waals surface area (Å²) < 4.78 is 26.8. The Labute approximate surface area is 110 Å². The molecule has 18 heavy (non-hydrogen) atoms. The number of rotatable bonds is 1. The van der Waals surface area contributed by atoms with Gasteiger partial charge < -0.3 is 14.7 Å². The van der Waals surface area contributed by atoms with Crippen molar-refractivity contribution in [3.63, 3.8) is 0 Å². The summed E-state index contributed by atoms with van der Waals surface area (Å²) >= 11 is 5.34. The third-order valence-corrected chi connectivity index (χ3v) is 4.58. The number of hydrogen-bond donors (Lipinski definition) is 2. The van der Waals surface area contributed by atoms with E-state index in [1.54, 1.807) is 0 Å². The highest BCUT2D eigenvalue weighted by Crippen LogP contribution is 2.63. The second-order valence-electron chi connectivity index (χ2n) is 4.68. The van der Waals surface area contributed by atoms with E-state index in [4.69, 9.17) is 33.2 Å². The molecule has 6 nitrogen and oxygen atoms in total. The smallest absolute Gasteiger partial charge is 0.387 e. The number of fused-ring (bicyclic) bond motifs is 1. The summed E-state index contributed by atoms with van der Waals surface area (Å²) in [7, 11) is 1.48. The molecule has 1 saturated carbocycles. The highest BCUT2D eigenvalue weighted by atomic mass is 35.5. The standard InChI is InChI=1S/C9H9BClO6P/c10-7-9(3-4-11)6(16-18(13,14)17-9)5(15-7)8(12)1-2-8/h5-7,12H,1-2H2,(H,13,14)/t5-,6?,7+,9+/m0/s1. The first-order chi connectivity index (χ1) is 8.33. The van der Waals surface area contributed by atoms with E-state index >= 15 is 0 Å². The van der Waals surface area contributed by atoms with E-state index in [1.807, 2.05) is 0 Å². The lowest BCUT2D eigenvalue weighted by Crippen LogP contribution is -2.47. The number of ether oxygens (including phenoxy) is 1. The predicted octanol–water partition coefficient (Wildman–Crippen LogP) is -0.141. The van der Waals surface area contributed by atoms with Crippen LogP contribution in [0.1, 0.15) is 12.8 Å². The average molecular weight is 290 g/mol. The molecule has 0 amide bonds. The van der Waals surface area contributed by atoms with Crippen LogP contribution >= 0.6 is 19.4 Å². The lowest BCUT2D eigenvalue weighted by molar-refractivity contribution is -0.0629. The van der Waals surface area contributed by atoms with E-state index in [0.717, 1.165) is 0 Å². The van der Waals surface area contributed by atoms with Gasteiger partial charge in [-0.05, 0) is 30.4 Å². The third kappa shape index (κ3) is 1.69.